The number of thiazole rings is 1. The fourth-order valence-electron chi connectivity index (χ4n) is 2.97. The first-order chi connectivity index (χ1) is 13.3. The molecule has 2 aromatic heterocycles. The molecule has 2 N–H and O–H groups in total. The maximum absolute atomic E-state index is 13.1. The van der Waals surface area contributed by atoms with Crippen LogP contribution in [0.15, 0.2) is 24.3 Å². The molecule has 0 aliphatic carbocycles. The monoisotopic (exact) mass is 401 g/mol. The lowest BCUT2D eigenvalue weighted by molar-refractivity contribution is 0.0525. The second-order valence-corrected chi connectivity index (χ2v) is 7.43. The highest BCUT2D eigenvalue weighted by atomic mass is 32.1. The number of aromatic nitrogens is 2. The van der Waals surface area contributed by atoms with Crippen LogP contribution < -0.4 is 5.32 Å². The fourth-order valence-corrected chi connectivity index (χ4v) is 3.80. The van der Waals surface area contributed by atoms with Crippen LogP contribution in [0.3, 0.4) is 0 Å². The number of benzene rings is 1. The third kappa shape index (κ3) is 3.82. The number of ether oxygens (including phenoxy) is 1. The molecule has 3 rings (SSSR count). The van der Waals surface area contributed by atoms with Crippen LogP contribution in [0.25, 0.3) is 11.3 Å². The number of aryl methyl sites for hydroxylation is 2. The lowest BCUT2D eigenvalue weighted by Crippen LogP contribution is -2.14. The van der Waals surface area contributed by atoms with E-state index in [4.69, 9.17) is 4.74 Å². The van der Waals surface area contributed by atoms with Crippen LogP contribution in [0.4, 0.5) is 9.52 Å². The Kier molecular flexibility index (Phi) is 5.60. The van der Waals surface area contributed by atoms with Crippen LogP contribution >= 0.6 is 11.3 Å². The largest absolute Gasteiger partial charge is 0.462 e. The Bertz CT molecular complexity index is 1040. The summed E-state index contributed by atoms with van der Waals surface area (Å²) >= 11 is 1.33. The van der Waals surface area contributed by atoms with Gasteiger partial charge in [-0.3, -0.25) is 10.1 Å². The van der Waals surface area contributed by atoms with Crippen molar-refractivity contribution in [2.45, 2.75) is 27.7 Å². The highest BCUT2D eigenvalue weighted by Crippen LogP contribution is 2.31. The van der Waals surface area contributed by atoms with Gasteiger partial charge in [-0.05, 0) is 57.5 Å². The van der Waals surface area contributed by atoms with Gasteiger partial charge in [-0.25, -0.2) is 14.2 Å². The van der Waals surface area contributed by atoms with E-state index in [1.807, 2.05) is 6.92 Å². The van der Waals surface area contributed by atoms with Gasteiger partial charge in [-0.1, -0.05) is 0 Å². The third-order valence-corrected chi connectivity index (χ3v) is 5.17. The zero-order valence-electron chi connectivity index (χ0n) is 16.0. The molecule has 0 saturated carbocycles. The first-order valence-electron chi connectivity index (χ1n) is 8.72. The van der Waals surface area contributed by atoms with Gasteiger partial charge in [0.2, 0.25) is 0 Å². The van der Waals surface area contributed by atoms with Crippen molar-refractivity contribution in [3.63, 3.8) is 0 Å². The van der Waals surface area contributed by atoms with Crippen LogP contribution in [0.1, 0.15) is 43.9 Å². The molecule has 0 aliphatic rings. The number of nitrogens with zero attached hydrogens (tertiary/aromatic N) is 1. The molecule has 0 radical (unpaired) electrons. The van der Waals surface area contributed by atoms with E-state index in [-0.39, 0.29) is 18.1 Å². The highest BCUT2D eigenvalue weighted by Gasteiger charge is 2.23. The molecule has 146 valence electrons. The van der Waals surface area contributed by atoms with E-state index in [1.54, 1.807) is 32.9 Å². The molecule has 0 fully saturated rings. The minimum absolute atomic E-state index is 0.259. The first kappa shape index (κ1) is 19.8. The third-order valence-electron chi connectivity index (χ3n) is 4.28. The molecular weight excluding hydrogens is 381 g/mol. The topological polar surface area (TPSA) is 84.1 Å². The maximum Gasteiger partial charge on any atom is 0.340 e. The fraction of sp³-hybridized carbons (Fsp3) is 0.250. The van der Waals surface area contributed by atoms with Gasteiger partial charge in [-0.15, -0.1) is 11.3 Å². The van der Waals surface area contributed by atoms with Crippen molar-refractivity contribution < 1.29 is 18.7 Å². The number of carbonyl (C=O) groups excluding carboxylic acids is 2. The number of carbonyl (C=O) groups is 2. The summed E-state index contributed by atoms with van der Waals surface area (Å²) in [6, 6.07) is 6.03. The summed E-state index contributed by atoms with van der Waals surface area (Å²) in [5.74, 6) is -1.17. The number of hydrogen-bond donors (Lipinski definition) is 2. The number of halogens is 1. The van der Waals surface area contributed by atoms with Gasteiger partial charge >= 0.3 is 5.97 Å². The number of anilines is 1. The van der Waals surface area contributed by atoms with E-state index in [0.717, 1.165) is 10.4 Å². The Labute approximate surface area is 165 Å². The van der Waals surface area contributed by atoms with Crippen LogP contribution in [-0.4, -0.2) is 28.5 Å². The smallest absolute Gasteiger partial charge is 0.340 e. The second-order valence-electron chi connectivity index (χ2n) is 6.23. The summed E-state index contributed by atoms with van der Waals surface area (Å²) in [7, 11) is 0. The van der Waals surface area contributed by atoms with Crippen molar-refractivity contribution in [3.05, 3.63) is 57.5 Å². The summed E-state index contributed by atoms with van der Waals surface area (Å²) in [4.78, 5) is 33.1. The minimum Gasteiger partial charge on any atom is -0.462 e. The first-order valence-corrected chi connectivity index (χ1v) is 9.54. The van der Waals surface area contributed by atoms with Gasteiger partial charge in [-0.2, -0.15) is 0 Å². The van der Waals surface area contributed by atoms with Crippen molar-refractivity contribution in [2.24, 2.45) is 0 Å². The van der Waals surface area contributed by atoms with Crippen molar-refractivity contribution in [2.75, 3.05) is 11.9 Å². The average Bonchev–Trinajstić information content (AvgIpc) is 3.15. The Morgan fingerprint density at radius 3 is 2.54 bits per heavy atom. The average molecular weight is 401 g/mol. The molecule has 0 spiro atoms. The lowest BCUT2D eigenvalue weighted by Gasteiger charge is -2.03. The Balaban J connectivity index is 1.84. The summed E-state index contributed by atoms with van der Waals surface area (Å²) in [5.41, 5.74) is 3.22. The molecule has 8 heteroatoms. The van der Waals surface area contributed by atoms with E-state index < -0.39 is 11.9 Å². The zero-order valence-corrected chi connectivity index (χ0v) is 16.8. The minimum atomic E-state index is -0.462. The van der Waals surface area contributed by atoms with E-state index in [1.165, 1.54) is 23.5 Å². The number of esters is 1. The summed E-state index contributed by atoms with van der Waals surface area (Å²) in [6.45, 7) is 7.29. The van der Waals surface area contributed by atoms with Gasteiger partial charge in [0.15, 0.2) is 5.13 Å². The molecule has 1 aromatic carbocycles. The molecular formula is C20H20FN3O3S. The van der Waals surface area contributed by atoms with Gasteiger partial charge in [0, 0.05) is 16.1 Å². The predicted octanol–water partition coefficient (Wildman–Crippen LogP) is 4.63. The van der Waals surface area contributed by atoms with Gasteiger partial charge in [0.05, 0.1) is 17.9 Å². The Morgan fingerprint density at radius 1 is 1.21 bits per heavy atom. The molecule has 1 amide bonds. The lowest BCUT2D eigenvalue weighted by atomic mass is 10.1. The summed E-state index contributed by atoms with van der Waals surface area (Å²) in [5, 5.41) is 3.19. The Hall–Kier alpha value is -3.00. The number of nitrogens with one attached hydrogen (secondary N) is 2. The van der Waals surface area contributed by atoms with E-state index >= 15 is 0 Å². The van der Waals surface area contributed by atoms with Gasteiger partial charge < -0.3 is 9.72 Å². The number of rotatable bonds is 5. The van der Waals surface area contributed by atoms with E-state index in [0.29, 0.717) is 27.6 Å². The second kappa shape index (κ2) is 7.93. The number of hydrogen-bond acceptors (Lipinski definition) is 5. The number of amides is 1. The maximum atomic E-state index is 13.1. The van der Waals surface area contributed by atoms with Gasteiger partial charge in [0.25, 0.3) is 5.91 Å². The normalized spacial score (nSPS) is 10.8. The molecule has 28 heavy (non-hydrogen) atoms. The Morgan fingerprint density at radius 2 is 1.89 bits per heavy atom. The van der Waals surface area contributed by atoms with E-state index in [2.05, 4.69) is 15.3 Å². The highest BCUT2D eigenvalue weighted by molar-refractivity contribution is 7.16. The molecule has 0 bridgehead atoms. The molecule has 0 atom stereocenters. The van der Waals surface area contributed by atoms with Crippen molar-refractivity contribution in [3.8, 4) is 11.3 Å². The van der Waals surface area contributed by atoms with Crippen LogP contribution in [0, 0.1) is 26.6 Å². The SMILES string of the molecule is CCOC(=O)c1c(C)[nH]c(C(=O)Nc2nc(-c3ccc(F)cc3)c(C)s2)c1C. The number of H-pyrrole nitrogens is 1. The summed E-state index contributed by atoms with van der Waals surface area (Å²) < 4.78 is 18.2. The number of aromatic amines is 1. The van der Waals surface area contributed by atoms with Gasteiger partial charge in [0.1, 0.15) is 11.5 Å². The van der Waals surface area contributed by atoms with Crippen molar-refractivity contribution >= 4 is 28.3 Å². The summed E-state index contributed by atoms with van der Waals surface area (Å²) in [6.07, 6.45) is 0. The molecule has 0 saturated heterocycles. The molecule has 3 aromatic rings. The van der Waals surface area contributed by atoms with Crippen molar-refractivity contribution in [1.82, 2.24) is 9.97 Å². The van der Waals surface area contributed by atoms with Crippen molar-refractivity contribution in [1.29, 1.82) is 0 Å². The quantitative estimate of drug-likeness (QED) is 0.611. The van der Waals surface area contributed by atoms with E-state index in [9.17, 15) is 14.0 Å². The predicted molar refractivity (Wildman–Crippen MR) is 106 cm³/mol. The molecule has 2 heterocycles. The standard InChI is InChI=1S/C20H20FN3O3S/c1-5-27-19(26)15-10(2)16(22-11(15)3)18(25)24-20-23-17(12(4)28-20)13-6-8-14(21)9-7-13/h6-9,22H,5H2,1-4H3,(H,23,24,25). The zero-order chi connectivity index (χ0) is 20.4. The molecule has 0 unspecified atom stereocenters. The van der Waals surface area contributed by atoms with Crippen LogP contribution in [0.2, 0.25) is 0 Å². The van der Waals surface area contributed by atoms with Crippen LogP contribution in [0.5, 0.6) is 0 Å². The van der Waals surface area contributed by atoms with Crippen LogP contribution in [-0.2, 0) is 4.74 Å². The molecule has 6 nitrogen and oxygen atoms in total. The molecule has 0 aliphatic heterocycles.